The first kappa shape index (κ1) is 23.4. The second kappa shape index (κ2) is 8.63. The lowest BCUT2D eigenvalue weighted by molar-refractivity contribution is 0.0666. The van der Waals surface area contributed by atoms with Crippen LogP contribution in [0.15, 0.2) is 109 Å². The van der Waals surface area contributed by atoms with E-state index in [1.54, 1.807) is 55.6 Å². The Morgan fingerprint density at radius 3 is 2.18 bits per heavy atom. The lowest BCUT2D eigenvalue weighted by Gasteiger charge is -2.37. The van der Waals surface area contributed by atoms with Gasteiger partial charge in [-0.1, -0.05) is 97.1 Å². The Bertz CT molecular complexity index is 1650. The normalized spacial score (nSPS) is 22.0. The Morgan fingerprint density at radius 2 is 1.46 bits per heavy atom. The van der Waals surface area contributed by atoms with E-state index in [2.05, 4.69) is 0 Å². The average Bonchev–Trinajstić information content (AvgIpc) is 3.43. The number of carbonyl (C=O) groups is 3. The van der Waals surface area contributed by atoms with Gasteiger partial charge in [0.25, 0.3) is 0 Å². The predicted molar refractivity (Wildman–Crippen MR) is 150 cm³/mol. The number of fused-ring (bicyclic) bond motifs is 5. The molecule has 5 heteroatoms. The van der Waals surface area contributed by atoms with Gasteiger partial charge in [0.05, 0.1) is 13.2 Å². The average molecular weight is 512 g/mol. The van der Waals surface area contributed by atoms with E-state index >= 15 is 0 Å². The number of nitrogens with zero attached hydrogens (tertiary/aromatic N) is 1. The minimum Gasteiger partial charge on any atom is -0.497 e. The molecule has 5 nitrogen and oxygen atoms in total. The van der Waals surface area contributed by atoms with E-state index in [1.807, 2.05) is 71.6 Å². The second-order valence-electron chi connectivity index (χ2n) is 10.3. The van der Waals surface area contributed by atoms with Crippen LogP contribution in [0.4, 0.5) is 5.69 Å². The van der Waals surface area contributed by atoms with Crippen LogP contribution >= 0.6 is 0 Å². The summed E-state index contributed by atoms with van der Waals surface area (Å²) in [6.07, 6.45) is 3.92. The van der Waals surface area contributed by atoms with Crippen LogP contribution in [0, 0.1) is 5.41 Å². The zero-order chi connectivity index (χ0) is 26.7. The quantitative estimate of drug-likeness (QED) is 0.248. The SMILES string of the molecule is COc1cccc(C(=O)[C@@H]2[C@H](c3ccccc3)C3(C(=O)c4ccccc4C3=O)[C@H]3C=Cc4ccccc4N23)c1. The number of rotatable bonds is 4. The van der Waals surface area contributed by atoms with Gasteiger partial charge in [0.15, 0.2) is 17.3 Å². The van der Waals surface area contributed by atoms with E-state index in [9.17, 15) is 14.4 Å². The van der Waals surface area contributed by atoms with Crippen molar-refractivity contribution in [2.45, 2.75) is 18.0 Å². The Kier molecular flexibility index (Phi) is 5.17. The molecule has 0 aromatic heterocycles. The van der Waals surface area contributed by atoms with Gasteiger partial charge < -0.3 is 9.64 Å². The molecule has 39 heavy (non-hydrogen) atoms. The minimum absolute atomic E-state index is 0.161. The van der Waals surface area contributed by atoms with Crippen LogP contribution in [-0.2, 0) is 0 Å². The maximum atomic E-state index is 14.6. The maximum Gasteiger partial charge on any atom is 0.186 e. The highest BCUT2D eigenvalue weighted by Gasteiger charge is 2.71. The molecule has 0 radical (unpaired) electrons. The molecule has 0 bridgehead atoms. The standard InChI is InChI=1S/C34H25NO4/c1-39-24-14-9-13-23(20-24)31(36)30-29(22-11-3-2-4-12-22)34(32(37)25-15-6-7-16-26(25)33(34)38)28-19-18-21-10-5-8-17-27(21)35(28)30/h2-20,28-30H,1H3/t28-,29+,30+/m1/s1. The van der Waals surface area contributed by atoms with Crippen molar-refractivity contribution in [3.05, 3.63) is 137 Å². The second-order valence-corrected chi connectivity index (χ2v) is 10.3. The number of carbonyl (C=O) groups excluding carboxylic acids is 3. The van der Waals surface area contributed by atoms with E-state index in [1.165, 1.54) is 0 Å². The highest BCUT2D eigenvalue weighted by atomic mass is 16.5. The molecule has 0 saturated carbocycles. The van der Waals surface area contributed by atoms with Crippen LogP contribution in [0.25, 0.3) is 6.08 Å². The summed E-state index contributed by atoms with van der Waals surface area (Å²) in [6.45, 7) is 0. The summed E-state index contributed by atoms with van der Waals surface area (Å²) in [5.74, 6) is -0.758. The molecular weight excluding hydrogens is 486 g/mol. The third kappa shape index (κ3) is 3.10. The van der Waals surface area contributed by atoms with Crippen LogP contribution < -0.4 is 9.64 Å². The molecular formula is C34H25NO4. The predicted octanol–water partition coefficient (Wildman–Crippen LogP) is 6.01. The summed E-state index contributed by atoms with van der Waals surface area (Å²) in [6, 6.07) is 30.1. The van der Waals surface area contributed by atoms with Crippen molar-refractivity contribution in [2.24, 2.45) is 5.41 Å². The van der Waals surface area contributed by atoms with Gasteiger partial charge in [-0.2, -0.15) is 0 Å². The lowest BCUT2D eigenvalue weighted by atomic mass is 9.64. The summed E-state index contributed by atoms with van der Waals surface area (Å²) in [5.41, 5.74) is 2.38. The van der Waals surface area contributed by atoms with Gasteiger partial charge in [-0.15, -0.1) is 0 Å². The molecule has 1 spiro atoms. The fourth-order valence-corrected chi connectivity index (χ4v) is 6.90. The summed E-state index contributed by atoms with van der Waals surface area (Å²) in [7, 11) is 1.57. The Labute approximate surface area is 226 Å². The van der Waals surface area contributed by atoms with Crippen LogP contribution in [0.2, 0.25) is 0 Å². The Morgan fingerprint density at radius 1 is 0.795 bits per heavy atom. The molecule has 1 aliphatic carbocycles. The van der Waals surface area contributed by atoms with Crippen molar-refractivity contribution >= 4 is 29.1 Å². The van der Waals surface area contributed by atoms with Gasteiger partial charge in [0, 0.05) is 28.3 Å². The number of methoxy groups -OCH3 is 1. The number of hydrogen-bond donors (Lipinski definition) is 0. The molecule has 4 aromatic rings. The highest BCUT2D eigenvalue weighted by Crippen LogP contribution is 2.60. The molecule has 0 unspecified atom stereocenters. The number of hydrogen-bond acceptors (Lipinski definition) is 5. The summed E-state index contributed by atoms with van der Waals surface area (Å²) < 4.78 is 5.43. The molecule has 1 saturated heterocycles. The Hall–Kier alpha value is -4.77. The molecule has 4 aromatic carbocycles. The number of benzene rings is 4. The zero-order valence-electron chi connectivity index (χ0n) is 21.3. The first-order valence-electron chi connectivity index (χ1n) is 13.0. The van der Waals surface area contributed by atoms with Crippen molar-refractivity contribution in [2.75, 3.05) is 12.0 Å². The fraction of sp³-hybridized carbons (Fsp3) is 0.147. The number of ether oxygens (including phenoxy) is 1. The van der Waals surface area contributed by atoms with Crippen molar-refractivity contribution in [3.63, 3.8) is 0 Å². The van der Waals surface area contributed by atoms with Crippen molar-refractivity contribution < 1.29 is 19.1 Å². The van der Waals surface area contributed by atoms with Gasteiger partial charge in [0.2, 0.25) is 0 Å². The third-order valence-corrected chi connectivity index (χ3v) is 8.49. The van der Waals surface area contributed by atoms with E-state index in [0.717, 1.165) is 16.8 Å². The highest BCUT2D eigenvalue weighted by molar-refractivity contribution is 6.32. The molecule has 3 aliphatic rings. The molecule has 3 atom stereocenters. The molecule has 2 aliphatic heterocycles. The molecule has 2 heterocycles. The summed E-state index contributed by atoms with van der Waals surface area (Å²) in [5, 5.41) is 0. The first-order valence-corrected chi connectivity index (χ1v) is 13.0. The number of ketones is 3. The smallest absolute Gasteiger partial charge is 0.186 e. The van der Waals surface area contributed by atoms with E-state index < -0.39 is 23.4 Å². The topological polar surface area (TPSA) is 63.7 Å². The Balaban J connectivity index is 1.54. The zero-order valence-corrected chi connectivity index (χ0v) is 21.3. The van der Waals surface area contributed by atoms with Crippen LogP contribution in [0.5, 0.6) is 5.75 Å². The van der Waals surface area contributed by atoms with E-state index in [4.69, 9.17) is 4.74 Å². The maximum absolute atomic E-state index is 14.6. The van der Waals surface area contributed by atoms with Gasteiger partial charge in [0.1, 0.15) is 17.2 Å². The minimum atomic E-state index is -1.49. The van der Waals surface area contributed by atoms with Gasteiger partial charge in [-0.05, 0) is 29.3 Å². The van der Waals surface area contributed by atoms with Crippen molar-refractivity contribution in [1.82, 2.24) is 0 Å². The fourth-order valence-electron chi connectivity index (χ4n) is 6.90. The van der Waals surface area contributed by atoms with Crippen LogP contribution in [-0.4, -0.2) is 36.5 Å². The van der Waals surface area contributed by atoms with Gasteiger partial charge in [-0.25, -0.2) is 0 Å². The number of para-hydroxylation sites is 1. The molecule has 1 fully saturated rings. The number of anilines is 1. The van der Waals surface area contributed by atoms with E-state index in [-0.39, 0.29) is 17.3 Å². The van der Waals surface area contributed by atoms with E-state index in [0.29, 0.717) is 22.4 Å². The van der Waals surface area contributed by atoms with Crippen LogP contribution in [0.3, 0.4) is 0 Å². The third-order valence-electron chi connectivity index (χ3n) is 8.49. The largest absolute Gasteiger partial charge is 0.497 e. The summed E-state index contributed by atoms with van der Waals surface area (Å²) >= 11 is 0. The monoisotopic (exact) mass is 511 g/mol. The molecule has 0 N–H and O–H groups in total. The van der Waals surface area contributed by atoms with Gasteiger partial charge >= 0.3 is 0 Å². The first-order chi connectivity index (χ1) is 19.1. The molecule has 190 valence electrons. The summed E-state index contributed by atoms with van der Waals surface area (Å²) in [4.78, 5) is 45.8. The molecule has 7 rings (SSSR count). The number of Topliss-reactive ketones (excluding diaryl/α,β-unsaturated/α-hetero) is 3. The lowest BCUT2D eigenvalue weighted by Crippen LogP contribution is -2.48. The van der Waals surface area contributed by atoms with Crippen molar-refractivity contribution in [1.29, 1.82) is 0 Å². The molecule has 0 amide bonds. The van der Waals surface area contributed by atoms with Crippen molar-refractivity contribution in [3.8, 4) is 5.75 Å². The van der Waals surface area contributed by atoms with Crippen LogP contribution in [0.1, 0.15) is 48.1 Å². The van der Waals surface area contributed by atoms with Gasteiger partial charge in [-0.3, -0.25) is 14.4 Å².